The Hall–Kier alpha value is -2.80. The zero-order valence-electron chi connectivity index (χ0n) is 14.4. The fourth-order valence-electron chi connectivity index (χ4n) is 2.87. The molecule has 0 fully saturated rings. The molecule has 0 N–H and O–H groups in total. The first-order valence-electron chi connectivity index (χ1n) is 8.25. The van der Waals surface area contributed by atoms with Gasteiger partial charge in [0, 0.05) is 19.3 Å². The summed E-state index contributed by atoms with van der Waals surface area (Å²) in [5.41, 5.74) is 7.19. The van der Waals surface area contributed by atoms with E-state index >= 15 is 0 Å². The van der Waals surface area contributed by atoms with Gasteiger partial charge in [-0.1, -0.05) is 78.9 Å². The lowest BCUT2D eigenvalue weighted by Gasteiger charge is -2.20. The average molecular weight is 313 g/mol. The molecule has 0 aliphatic rings. The Bertz CT molecular complexity index is 816. The summed E-state index contributed by atoms with van der Waals surface area (Å²) in [5, 5.41) is 0. The topological polar surface area (TPSA) is 3.24 Å². The van der Waals surface area contributed by atoms with Gasteiger partial charge in [-0.15, -0.1) is 0 Å². The highest BCUT2D eigenvalue weighted by molar-refractivity contribution is 5.79. The van der Waals surface area contributed by atoms with E-state index in [9.17, 15) is 0 Å². The van der Waals surface area contributed by atoms with E-state index in [0.29, 0.717) is 0 Å². The van der Waals surface area contributed by atoms with Crippen molar-refractivity contribution in [3.8, 4) is 0 Å². The Morgan fingerprint density at radius 1 is 0.833 bits per heavy atom. The van der Waals surface area contributed by atoms with Crippen LogP contribution in [-0.2, 0) is 6.54 Å². The summed E-state index contributed by atoms with van der Waals surface area (Å²) >= 11 is 0. The fourth-order valence-corrected chi connectivity index (χ4v) is 2.87. The van der Waals surface area contributed by atoms with Crippen LogP contribution in [-0.4, -0.2) is 7.05 Å². The number of hydrogen-bond donors (Lipinski definition) is 0. The minimum absolute atomic E-state index is 0.902. The van der Waals surface area contributed by atoms with Crippen molar-refractivity contribution in [2.75, 3.05) is 11.9 Å². The predicted octanol–water partition coefficient (Wildman–Crippen LogP) is 5.69. The van der Waals surface area contributed by atoms with Crippen molar-refractivity contribution < 1.29 is 0 Å². The van der Waals surface area contributed by atoms with Gasteiger partial charge in [-0.05, 0) is 41.3 Å². The first-order valence-corrected chi connectivity index (χ1v) is 8.25. The van der Waals surface area contributed by atoms with E-state index in [1.54, 1.807) is 0 Å². The van der Waals surface area contributed by atoms with Crippen molar-refractivity contribution in [2.24, 2.45) is 0 Å². The van der Waals surface area contributed by atoms with Crippen LogP contribution in [0.3, 0.4) is 0 Å². The molecule has 120 valence electrons. The largest absolute Gasteiger partial charge is 0.370 e. The molecule has 0 amide bonds. The zero-order chi connectivity index (χ0) is 16.9. The molecule has 3 aromatic rings. The van der Waals surface area contributed by atoms with E-state index in [-0.39, 0.29) is 0 Å². The highest BCUT2D eigenvalue weighted by Gasteiger charge is 2.05. The van der Waals surface area contributed by atoms with Gasteiger partial charge in [0.15, 0.2) is 0 Å². The minimum Gasteiger partial charge on any atom is -0.370 e. The Labute approximate surface area is 144 Å². The van der Waals surface area contributed by atoms with E-state index in [1.165, 1.54) is 22.4 Å². The first-order chi connectivity index (χ1) is 11.6. The molecule has 24 heavy (non-hydrogen) atoms. The van der Waals surface area contributed by atoms with Crippen LogP contribution in [0.1, 0.15) is 22.3 Å². The second kappa shape index (κ2) is 7.18. The highest BCUT2D eigenvalue weighted by atomic mass is 15.1. The molecule has 3 rings (SSSR count). The molecule has 0 aromatic heterocycles. The molecule has 3 aromatic carbocycles. The molecule has 0 radical (unpaired) electrons. The summed E-state index contributed by atoms with van der Waals surface area (Å²) in [6.07, 6.45) is 0. The quantitative estimate of drug-likeness (QED) is 0.584. The second-order valence-corrected chi connectivity index (χ2v) is 6.24. The SMILES string of the molecule is C=C(c1ccc(N(C)Cc2ccccc2)cc1)c1cccc(C)c1. The third-order valence-corrected chi connectivity index (χ3v) is 4.29. The van der Waals surface area contributed by atoms with Crippen LogP contribution in [0.5, 0.6) is 0 Å². The van der Waals surface area contributed by atoms with Crippen LogP contribution >= 0.6 is 0 Å². The predicted molar refractivity (Wildman–Crippen MR) is 104 cm³/mol. The number of anilines is 1. The monoisotopic (exact) mass is 313 g/mol. The summed E-state index contributed by atoms with van der Waals surface area (Å²) in [5.74, 6) is 0. The van der Waals surface area contributed by atoms with Gasteiger partial charge in [-0.2, -0.15) is 0 Å². The lowest BCUT2D eigenvalue weighted by Crippen LogP contribution is -2.16. The molecule has 0 aliphatic heterocycles. The van der Waals surface area contributed by atoms with Crippen LogP contribution in [0.15, 0.2) is 85.4 Å². The lowest BCUT2D eigenvalue weighted by molar-refractivity contribution is 0.923. The maximum atomic E-state index is 4.26. The lowest BCUT2D eigenvalue weighted by atomic mass is 9.98. The van der Waals surface area contributed by atoms with Crippen molar-refractivity contribution in [1.82, 2.24) is 0 Å². The van der Waals surface area contributed by atoms with E-state index in [2.05, 4.69) is 104 Å². The molecule has 0 bridgehead atoms. The van der Waals surface area contributed by atoms with Crippen LogP contribution < -0.4 is 4.90 Å². The molecule has 0 unspecified atom stereocenters. The van der Waals surface area contributed by atoms with Crippen molar-refractivity contribution in [2.45, 2.75) is 13.5 Å². The van der Waals surface area contributed by atoms with Gasteiger partial charge in [-0.25, -0.2) is 0 Å². The van der Waals surface area contributed by atoms with Crippen LogP contribution in [0.25, 0.3) is 5.57 Å². The van der Waals surface area contributed by atoms with Gasteiger partial charge < -0.3 is 4.90 Å². The minimum atomic E-state index is 0.902. The molecular weight excluding hydrogens is 290 g/mol. The van der Waals surface area contributed by atoms with Crippen LogP contribution in [0.4, 0.5) is 5.69 Å². The summed E-state index contributed by atoms with van der Waals surface area (Å²) in [6.45, 7) is 7.28. The smallest absolute Gasteiger partial charge is 0.0426 e. The van der Waals surface area contributed by atoms with Gasteiger partial charge in [0.1, 0.15) is 0 Å². The number of hydrogen-bond acceptors (Lipinski definition) is 1. The van der Waals surface area contributed by atoms with E-state index in [1.807, 2.05) is 0 Å². The van der Waals surface area contributed by atoms with Gasteiger partial charge >= 0.3 is 0 Å². The van der Waals surface area contributed by atoms with Crippen molar-refractivity contribution >= 4 is 11.3 Å². The average Bonchev–Trinajstić information content (AvgIpc) is 2.62. The number of benzene rings is 3. The first kappa shape index (κ1) is 16.1. The van der Waals surface area contributed by atoms with Gasteiger partial charge in [0.2, 0.25) is 0 Å². The molecule has 0 spiro atoms. The van der Waals surface area contributed by atoms with Crippen molar-refractivity contribution in [3.05, 3.63) is 108 Å². The normalized spacial score (nSPS) is 10.4. The molecular formula is C23H23N. The second-order valence-electron chi connectivity index (χ2n) is 6.24. The van der Waals surface area contributed by atoms with E-state index < -0.39 is 0 Å². The Morgan fingerprint density at radius 2 is 1.54 bits per heavy atom. The summed E-state index contributed by atoms with van der Waals surface area (Å²) in [6, 6.07) is 27.7. The molecule has 0 aliphatic carbocycles. The van der Waals surface area contributed by atoms with Crippen LogP contribution in [0.2, 0.25) is 0 Å². The molecule has 0 saturated carbocycles. The third kappa shape index (κ3) is 3.75. The van der Waals surface area contributed by atoms with Crippen LogP contribution in [0, 0.1) is 6.92 Å². The maximum absolute atomic E-state index is 4.26. The third-order valence-electron chi connectivity index (χ3n) is 4.29. The standard InChI is InChI=1S/C23H23N/c1-18-8-7-11-22(16-18)19(2)21-12-14-23(15-13-21)24(3)17-20-9-5-4-6-10-20/h4-16H,2,17H2,1,3H3. The maximum Gasteiger partial charge on any atom is 0.0426 e. The van der Waals surface area contributed by atoms with E-state index in [0.717, 1.165) is 17.7 Å². The Morgan fingerprint density at radius 3 is 2.21 bits per heavy atom. The van der Waals surface area contributed by atoms with Crippen molar-refractivity contribution in [1.29, 1.82) is 0 Å². The molecule has 0 saturated heterocycles. The summed E-state index contributed by atoms with van der Waals surface area (Å²) < 4.78 is 0. The van der Waals surface area contributed by atoms with E-state index in [4.69, 9.17) is 0 Å². The van der Waals surface area contributed by atoms with Gasteiger partial charge in [0.05, 0.1) is 0 Å². The number of aryl methyl sites for hydroxylation is 1. The fraction of sp³-hybridized carbons (Fsp3) is 0.130. The summed E-state index contributed by atoms with van der Waals surface area (Å²) in [4.78, 5) is 2.26. The number of nitrogens with zero attached hydrogens (tertiary/aromatic N) is 1. The Kier molecular flexibility index (Phi) is 4.81. The summed E-state index contributed by atoms with van der Waals surface area (Å²) in [7, 11) is 2.12. The zero-order valence-corrected chi connectivity index (χ0v) is 14.4. The van der Waals surface area contributed by atoms with Crippen molar-refractivity contribution in [3.63, 3.8) is 0 Å². The Balaban J connectivity index is 1.74. The molecule has 0 atom stereocenters. The molecule has 1 nitrogen and oxygen atoms in total. The molecule has 1 heteroatoms. The molecule has 0 heterocycles. The number of rotatable bonds is 5. The van der Waals surface area contributed by atoms with Gasteiger partial charge in [-0.3, -0.25) is 0 Å². The highest BCUT2D eigenvalue weighted by Crippen LogP contribution is 2.25. The van der Waals surface area contributed by atoms with Gasteiger partial charge in [0.25, 0.3) is 0 Å².